The number of hydrogen-bond donors (Lipinski definition) is 1. The zero-order chi connectivity index (χ0) is 16.2. The quantitative estimate of drug-likeness (QED) is 0.848. The Bertz CT molecular complexity index is 530. The second-order valence-electron chi connectivity index (χ2n) is 9.08. The molecule has 3 heteroatoms. The summed E-state index contributed by atoms with van der Waals surface area (Å²) in [5.41, 5.74) is 6.30. The summed E-state index contributed by atoms with van der Waals surface area (Å²) >= 11 is 0. The number of rotatable bonds is 2. The first-order valence-electron chi connectivity index (χ1n) is 9.76. The predicted octanol–water partition coefficient (Wildman–Crippen LogP) is 3.50. The Labute approximate surface area is 139 Å². The van der Waals surface area contributed by atoms with E-state index in [0.717, 1.165) is 51.5 Å². The van der Waals surface area contributed by atoms with E-state index in [-0.39, 0.29) is 5.41 Å². The van der Waals surface area contributed by atoms with Crippen LogP contribution in [-0.4, -0.2) is 18.1 Å². The van der Waals surface area contributed by atoms with Gasteiger partial charge < -0.3 is 5.73 Å². The van der Waals surface area contributed by atoms with Crippen molar-refractivity contribution in [2.75, 3.05) is 6.54 Å². The lowest BCUT2D eigenvalue weighted by molar-refractivity contribution is -0.147. The molecule has 4 saturated carbocycles. The highest BCUT2D eigenvalue weighted by atomic mass is 16.1. The molecule has 4 rings (SSSR count). The van der Waals surface area contributed by atoms with Gasteiger partial charge in [0.25, 0.3) is 0 Å². The number of fused-ring (bicyclic) bond motifs is 5. The van der Waals surface area contributed by atoms with Crippen molar-refractivity contribution >= 4 is 11.6 Å². The first-order chi connectivity index (χ1) is 11.0. The van der Waals surface area contributed by atoms with Crippen molar-refractivity contribution in [1.82, 2.24) is 0 Å². The lowest BCUT2D eigenvalue weighted by Crippen LogP contribution is -2.55. The van der Waals surface area contributed by atoms with Crippen LogP contribution in [0.15, 0.2) is 0 Å². The van der Waals surface area contributed by atoms with Crippen LogP contribution in [0.5, 0.6) is 0 Å². The van der Waals surface area contributed by atoms with Crippen LogP contribution < -0.4 is 5.73 Å². The smallest absolute Gasteiger partial charge is 0.139 e. The van der Waals surface area contributed by atoms with E-state index in [1.54, 1.807) is 0 Å². The SMILES string of the molecule is C[C@]12CC[C@H]3[C@@H](CC[C@@H]4CC(=O)CC[C@@]43CCN)[C@@H]1CCC2=O. The summed E-state index contributed by atoms with van der Waals surface area (Å²) in [5, 5.41) is 0. The molecule has 4 aliphatic carbocycles. The molecule has 0 spiro atoms. The topological polar surface area (TPSA) is 60.2 Å². The van der Waals surface area contributed by atoms with Crippen molar-refractivity contribution in [3.63, 3.8) is 0 Å². The van der Waals surface area contributed by atoms with Gasteiger partial charge in [0, 0.05) is 24.7 Å². The molecule has 23 heavy (non-hydrogen) atoms. The fraction of sp³-hybridized carbons (Fsp3) is 0.900. The van der Waals surface area contributed by atoms with Gasteiger partial charge in [-0.3, -0.25) is 9.59 Å². The molecular weight excluding hydrogens is 286 g/mol. The van der Waals surface area contributed by atoms with E-state index in [2.05, 4.69) is 6.92 Å². The average molecular weight is 317 g/mol. The van der Waals surface area contributed by atoms with E-state index < -0.39 is 0 Å². The second kappa shape index (κ2) is 5.40. The van der Waals surface area contributed by atoms with Gasteiger partial charge >= 0.3 is 0 Å². The van der Waals surface area contributed by atoms with Crippen LogP contribution in [-0.2, 0) is 9.59 Å². The maximum atomic E-state index is 12.5. The number of carbonyl (C=O) groups is 2. The lowest BCUT2D eigenvalue weighted by atomic mass is 9.44. The number of hydrogen-bond acceptors (Lipinski definition) is 3. The normalized spacial score (nSPS) is 49.5. The Morgan fingerprint density at radius 1 is 1.04 bits per heavy atom. The summed E-state index contributed by atoms with van der Waals surface area (Å²) in [5.74, 6) is 3.57. The standard InChI is InChI=1S/C20H31NO2/c1-19-8-7-17-15(16(19)4-5-18(19)23)3-2-13-12-14(22)6-9-20(13,17)10-11-21/h13,15-17H,2-12,21H2,1H3/t13-,15+,16+,17+,19+,20-/m1/s1. The zero-order valence-electron chi connectivity index (χ0n) is 14.5. The Hall–Kier alpha value is -0.700. The third kappa shape index (κ3) is 2.11. The average Bonchev–Trinajstić information content (AvgIpc) is 2.84. The first kappa shape index (κ1) is 15.8. The minimum atomic E-state index is -0.0393. The largest absolute Gasteiger partial charge is 0.330 e. The molecule has 2 N–H and O–H groups in total. The van der Waals surface area contributed by atoms with Crippen LogP contribution >= 0.6 is 0 Å². The van der Waals surface area contributed by atoms with Crippen molar-refractivity contribution in [2.24, 2.45) is 40.2 Å². The Morgan fingerprint density at radius 3 is 2.65 bits per heavy atom. The molecule has 0 radical (unpaired) electrons. The van der Waals surface area contributed by atoms with Gasteiger partial charge in [0.1, 0.15) is 11.6 Å². The highest BCUT2D eigenvalue weighted by Crippen LogP contribution is 2.66. The number of carbonyl (C=O) groups excluding carboxylic acids is 2. The van der Waals surface area contributed by atoms with E-state index in [9.17, 15) is 9.59 Å². The maximum absolute atomic E-state index is 12.5. The van der Waals surface area contributed by atoms with Crippen molar-refractivity contribution < 1.29 is 9.59 Å². The third-order valence-corrected chi connectivity index (χ3v) is 8.50. The van der Waals surface area contributed by atoms with Crippen LogP contribution in [0.25, 0.3) is 0 Å². The van der Waals surface area contributed by atoms with Gasteiger partial charge in [0.2, 0.25) is 0 Å². The summed E-state index contributed by atoms with van der Waals surface area (Å²) in [7, 11) is 0. The van der Waals surface area contributed by atoms with Gasteiger partial charge in [-0.15, -0.1) is 0 Å². The van der Waals surface area contributed by atoms with Crippen LogP contribution in [0.4, 0.5) is 0 Å². The Kier molecular flexibility index (Phi) is 3.71. The van der Waals surface area contributed by atoms with E-state index in [4.69, 9.17) is 5.73 Å². The summed E-state index contributed by atoms with van der Waals surface area (Å²) in [6, 6.07) is 0. The van der Waals surface area contributed by atoms with Gasteiger partial charge in [-0.2, -0.15) is 0 Å². The molecule has 4 aliphatic rings. The van der Waals surface area contributed by atoms with E-state index in [0.29, 0.717) is 40.7 Å². The summed E-state index contributed by atoms with van der Waals surface area (Å²) in [4.78, 5) is 24.5. The fourth-order valence-electron chi connectivity index (χ4n) is 7.39. The van der Waals surface area contributed by atoms with Gasteiger partial charge in [0.05, 0.1) is 0 Å². The van der Waals surface area contributed by atoms with Crippen LogP contribution in [0.3, 0.4) is 0 Å². The highest BCUT2D eigenvalue weighted by Gasteiger charge is 2.61. The second-order valence-corrected chi connectivity index (χ2v) is 9.08. The van der Waals surface area contributed by atoms with E-state index in [1.165, 1.54) is 19.3 Å². The summed E-state index contributed by atoms with van der Waals surface area (Å²) < 4.78 is 0. The maximum Gasteiger partial charge on any atom is 0.139 e. The first-order valence-corrected chi connectivity index (χ1v) is 9.76. The van der Waals surface area contributed by atoms with Gasteiger partial charge in [-0.1, -0.05) is 6.92 Å². The number of ketones is 2. The van der Waals surface area contributed by atoms with Gasteiger partial charge in [0.15, 0.2) is 0 Å². The molecule has 0 bridgehead atoms. The van der Waals surface area contributed by atoms with Crippen molar-refractivity contribution in [2.45, 2.75) is 71.1 Å². The summed E-state index contributed by atoms with van der Waals surface area (Å²) in [6.07, 6.45) is 10.3. The lowest BCUT2D eigenvalue weighted by Gasteiger charge is -2.60. The zero-order valence-corrected chi connectivity index (χ0v) is 14.5. The molecule has 0 aromatic rings. The molecule has 0 amide bonds. The molecular formula is C20H31NO2. The minimum Gasteiger partial charge on any atom is -0.330 e. The Morgan fingerprint density at radius 2 is 1.87 bits per heavy atom. The summed E-state index contributed by atoms with van der Waals surface area (Å²) in [6.45, 7) is 2.99. The van der Waals surface area contributed by atoms with Crippen molar-refractivity contribution in [3.05, 3.63) is 0 Å². The van der Waals surface area contributed by atoms with Crippen molar-refractivity contribution in [1.29, 1.82) is 0 Å². The molecule has 0 unspecified atom stereocenters. The fourth-order valence-corrected chi connectivity index (χ4v) is 7.39. The molecule has 0 heterocycles. The molecule has 3 nitrogen and oxygen atoms in total. The molecule has 0 aliphatic heterocycles. The minimum absolute atomic E-state index is 0.0393. The van der Waals surface area contributed by atoms with Crippen molar-refractivity contribution in [3.8, 4) is 0 Å². The van der Waals surface area contributed by atoms with E-state index >= 15 is 0 Å². The molecule has 6 atom stereocenters. The third-order valence-electron chi connectivity index (χ3n) is 8.50. The molecule has 0 aromatic carbocycles. The highest BCUT2D eigenvalue weighted by molar-refractivity contribution is 5.87. The van der Waals surface area contributed by atoms with Crippen LogP contribution in [0.2, 0.25) is 0 Å². The predicted molar refractivity (Wildman–Crippen MR) is 89.7 cm³/mol. The molecule has 0 aromatic heterocycles. The number of Topliss-reactive ketones (excluding diaryl/α,β-unsaturated/α-hetero) is 2. The van der Waals surface area contributed by atoms with E-state index in [1.807, 2.05) is 0 Å². The Balaban J connectivity index is 1.68. The molecule has 128 valence electrons. The van der Waals surface area contributed by atoms with Gasteiger partial charge in [-0.25, -0.2) is 0 Å². The molecule has 0 saturated heterocycles. The van der Waals surface area contributed by atoms with Gasteiger partial charge in [-0.05, 0) is 80.6 Å². The van der Waals surface area contributed by atoms with Crippen LogP contribution in [0.1, 0.15) is 71.1 Å². The monoisotopic (exact) mass is 317 g/mol. The van der Waals surface area contributed by atoms with Crippen LogP contribution in [0, 0.1) is 34.5 Å². The number of nitrogens with two attached hydrogens (primary N) is 1. The molecule has 4 fully saturated rings.